The Bertz CT molecular complexity index is 1150. The van der Waals surface area contributed by atoms with Gasteiger partial charge in [0.05, 0.1) is 37.5 Å². The smallest absolute Gasteiger partial charge is 0.201 e. The third-order valence-corrected chi connectivity index (χ3v) is 13.2. The predicted molar refractivity (Wildman–Crippen MR) is 166 cm³/mol. The van der Waals surface area contributed by atoms with Crippen molar-refractivity contribution in [3.63, 3.8) is 0 Å². The average molecular weight is 552 g/mol. The molecule has 0 amide bonds. The van der Waals surface area contributed by atoms with E-state index < -0.39 is 8.32 Å². The molecule has 214 valence electrons. The molecule has 2 aromatic carbocycles. The van der Waals surface area contributed by atoms with Crippen molar-refractivity contribution < 1.29 is 18.6 Å². The Hall–Kier alpha value is -2.75. The zero-order chi connectivity index (χ0) is 29.4. The van der Waals surface area contributed by atoms with E-state index in [4.69, 9.17) is 23.6 Å². The molecule has 0 aliphatic carbocycles. The lowest BCUT2D eigenvalue weighted by atomic mass is 10.00. The number of rotatable bonds is 11. The molecule has 39 heavy (non-hydrogen) atoms. The van der Waals surface area contributed by atoms with Crippen molar-refractivity contribution in [2.24, 2.45) is 4.99 Å². The van der Waals surface area contributed by atoms with Gasteiger partial charge in [0.15, 0.2) is 11.5 Å². The molecule has 5 nitrogen and oxygen atoms in total. The Kier molecular flexibility index (Phi) is 11.7. The highest BCUT2D eigenvalue weighted by molar-refractivity contribution is 6.77. The molecule has 2 rings (SSSR count). The summed E-state index contributed by atoms with van der Waals surface area (Å²) in [6, 6.07) is 10.1. The second kappa shape index (κ2) is 14.0. The van der Waals surface area contributed by atoms with Gasteiger partial charge in [-0.15, -0.1) is 0 Å². The van der Waals surface area contributed by atoms with Crippen LogP contribution in [0.2, 0.25) is 16.6 Å². The summed E-state index contributed by atoms with van der Waals surface area (Å²) in [6.07, 6.45) is 1.84. The summed E-state index contributed by atoms with van der Waals surface area (Å²) in [7, 11) is 1.27. The molecule has 0 saturated heterocycles. The van der Waals surface area contributed by atoms with Crippen LogP contribution in [0.3, 0.4) is 0 Å². The lowest BCUT2D eigenvalue weighted by molar-refractivity contribution is 0.281. The Labute approximate surface area is 238 Å². The lowest BCUT2D eigenvalue weighted by Crippen LogP contribution is -2.47. The maximum absolute atomic E-state index is 6.71. The topological polar surface area (TPSA) is 49.3 Å². The van der Waals surface area contributed by atoms with Gasteiger partial charge in [0.2, 0.25) is 8.32 Å². The number of nitrogens with zero attached hydrogens (tertiary/aromatic N) is 1. The minimum Gasteiger partial charge on any atom is -0.495 e. The van der Waals surface area contributed by atoms with Crippen molar-refractivity contribution >= 4 is 14.5 Å². The monoisotopic (exact) mass is 551 g/mol. The second-order valence-corrected chi connectivity index (χ2v) is 17.4. The van der Waals surface area contributed by atoms with Crippen LogP contribution in [0.1, 0.15) is 84.6 Å². The summed E-state index contributed by atoms with van der Waals surface area (Å²) >= 11 is 0. The van der Waals surface area contributed by atoms with Crippen LogP contribution >= 0.6 is 0 Å². The summed E-state index contributed by atoms with van der Waals surface area (Å²) in [6.45, 7) is 22.6. The molecule has 0 saturated carbocycles. The number of benzene rings is 2. The summed E-state index contributed by atoms with van der Waals surface area (Å²) < 4.78 is 24.9. The number of hydrogen-bond acceptors (Lipinski definition) is 5. The van der Waals surface area contributed by atoms with Gasteiger partial charge in [0.1, 0.15) is 12.4 Å². The Morgan fingerprint density at radius 1 is 0.872 bits per heavy atom. The summed E-state index contributed by atoms with van der Waals surface area (Å²) in [4.78, 5) is 4.81. The van der Waals surface area contributed by atoms with Crippen molar-refractivity contribution in [3.8, 4) is 29.1 Å². The molecule has 0 radical (unpaired) electrons. The zero-order valence-corrected chi connectivity index (χ0v) is 27.2. The third-order valence-electron chi connectivity index (χ3n) is 7.16. The normalized spacial score (nSPS) is 12.3. The maximum atomic E-state index is 6.71. The molecule has 0 unspecified atom stereocenters. The first-order valence-electron chi connectivity index (χ1n) is 13.9. The molecule has 2 aromatic rings. The minimum absolute atomic E-state index is 0.285. The van der Waals surface area contributed by atoms with Crippen LogP contribution in [0.15, 0.2) is 35.3 Å². The fraction of sp³-hybridized carbons (Fsp3) is 0.545. The van der Waals surface area contributed by atoms with E-state index in [0.717, 1.165) is 22.3 Å². The Balaban J connectivity index is 2.67. The van der Waals surface area contributed by atoms with E-state index in [9.17, 15) is 0 Å². The van der Waals surface area contributed by atoms with Crippen molar-refractivity contribution in [2.75, 3.05) is 20.8 Å². The van der Waals surface area contributed by atoms with Crippen molar-refractivity contribution in [1.82, 2.24) is 0 Å². The van der Waals surface area contributed by atoms with Gasteiger partial charge in [-0.05, 0) is 49.9 Å². The molecular formula is C33H49NO4Si. The van der Waals surface area contributed by atoms with Crippen molar-refractivity contribution in [2.45, 2.75) is 98.0 Å². The first kappa shape index (κ1) is 32.5. The van der Waals surface area contributed by atoms with Crippen LogP contribution in [-0.2, 0) is 11.0 Å². The molecule has 0 atom stereocenters. The van der Waals surface area contributed by atoms with Gasteiger partial charge in [0, 0.05) is 11.8 Å². The maximum Gasteiger partial charge on any atom is 0.201 e. The first-order valence-corrected chi connectivity index (χ1v) is 16.1. The molecule has 0 aromatic heterocycles. The van der Waals surface area contributed by atoms with Gasteiger partial charge in [-0.3, -0.25) is 4.99 Å². The van der Waals surface area contributed by atoms with Crippen LogP contribution in [0.25, 0.3) is 0 Å². The molecule has 0 bridgehead atoms. The molecular weight excluding hydrogens is 502 g/mol. The minimum atomic E-state index is -2.03. The van der Waals surface area contributed by atoms with Crippen LogP contribution in [0.5, 0.6) is 17.2 Å². The highest BCUT2D eigenvalue weighted by Gasteiger charge is 2.44. The molecule has 6 heteroatoms. The molecule has 0 spiro atoms. The molecule has 0 aliphatic rings. The van der Waals surface area contributed by atoms with Gasteiger partial charge in [0.25, 0.3) is 0 Å². The van der Waals surface area contributed by atoms with Gasteiger partial charge >= 0.3 is 0 Å². The number of methoxy groups -OCH3 is 2. The van der Waals surface area contributed by atoms with Gasteiger partial charge in [-0.1, -0.05) is 83.7 Å². The highest BCUT2D eigenvalue weighted by Crippen LogP contribution is 2.44. The average Bonchev–Trinajstić information content (AvgIpc) is 2.86. The van der Waals surface area contributed by atoms with Crippen LogP contribution in [0.4, 0.5) is 0 Å². The van der Waals surface area contributed by atoms with Crippen molar-refractivity contribution in [3.05, 3.63) is 52.6 Å². The van der Waals surface area contributed by atoms with E-state index in [1.54, 1.807) is 14.2 Å². The van der Waals surface area contributed by atoms with Crippen molar-refractivity contribution in [1.29, 1.82) is 0 Å². The first-order chi connectivity index (χ1) is 18.3. The standard InChI is InChI=1S/C33H49NO4Si/c1-23(2)39(24(3)4,25(5)6)38-20-16-19-28-29(21-34-33(8,9)10)32(31(36-12)26(7)30(28)35-11)37-22-27-17-14-13-15-18-27/h13-15,17-18,21,23-25H,20,22H2,1-12H3. The Morgan fingerprint density at radius 2 is 1.44 bits per heavy atom. The largest absolute Gasteiger partial charge is 0.495 e. The number of aliphatic imine (C=N–C) groups is 1. The highest BCUT2D eigenvalue weighted by atomic mass is 28.4. The SMILES string of the molecule is COc1c(C)c(OC)c(OCc2ccccc2)c(C=NC(C)(C)C)c1C#CCO[Si](C(C)C)(C(C)C)C(C)C. The van der Waals surface area contributed by atoms with Gasteiger partial charge in [-0.2, -0.15) is 0 Å². The fourth-order valence-corrected chi connectivity index (χ4v) is 10.8. The zero-order valence-electron chi connectivity index (χ0n) is 26.2. The van der Waals surface area contributed by atoms with E-state index in [2.05, 4.69) is 74.2 Å². The summed E-state index contributed by atoms with van der Waals surface area (Å²) in [5.74, 6) is 8.58. The second-order valence-electron chi connectivity index (χ2n) is 11.9. The summed E-state index contributed by atoms with van der Waals surface area (Å²) in [5.41, 5.74) is 4.54. The quantitative estimate of drug-likeness (QED) is 0.160. The van der Waals surface area contributed by atoms with Crippen LogP contribution < -0.4 is 14.2 Å². The molecule has 0 heterocycles. The van der Waals surface area contributed by atoms with E-state index >= 15 is 0 Å². The van der Waals surface area contributed by atoms with Crippen LogP contribution in [0, 0.1) is 18.8 Å². The lowest BCUT2D eigenvalue weighted by Gasteiger charge is -2.41. The number of ether oxygens (including phenoxy) is 3. The van der Waals surface area contributed by atoms with E-state index in [0.29, 0.717) is 47.1 Å². The fourth-order valence-electron chi connectivity index (χ4n) is 5.48. The van der Waals surface area contributed by atoms with E-state index in [1.807, 2.05) is 43.5 Å². The van der Waals surface area contributed by atoms with Gasteiger partial charge in [-0.25, -0.2) is 0 Å². The summed E-state index contributed by atoms with van der Waals surface area (Å²) in [5, 5.41) is 0. The van der Waals surface area contributed by atoms with E-state index in [-0.39, 0.29) is 5.54 Å². The Morgan fingerprint density at radius 3 is 1.92 bits per heavy atom. The van der Waals surface area contributed by atoms with E-state index in [1.165, 1.54) is 0 Å². The number of hydrogen-bond donors (Lipinski definition) is 0. The molecule has 0 N–H and O–H groups in total. The van der Waals surface area contributed by atoms with Gasteiger partial charge < -0.3 is 18.6 Å². The predicted octanol–water partition coefficient (Wildman–Crippen LogP) is 8.35. The third kappa shape index (κ3) is 7.90. The molecule has 0 fully saturated rings. The molecule has 0 aliphatic heterocycles. The van der Waals surface area contributed by atoms with Crippen LogP contribution in [-0.4, -0.2) is 40.9 Å².